The van der Waals surface area contributed by atoms with Crippen LogP contribution < -0.4 is 15.8 Å². The summed E-state index contributed by atoms with van der Waals surface area (Å²) in [5.41, 5.74) is 9.96. The largest absolute Gasteiger partial charge is 0.480 e. The molecule has 1 atom stereocenters. The molecule has 4 rings (SSSR count). The number of amides is 1. The summed E-state index contributed by atoms with van der Waals surface area (Å²) in [7, 11) is -3.87. The average Bonchev–Trinajstić information content (AvgIpc) is 3.23. The number of carbonyl (C=O) groups excluding carboxylic acids is 1. The van der Waals surface area contributed by atoms with Crippen molar-refractivity contribution < 1.29 is 27.9 Å². The number of carboxylic acids is 1. The van der Waals surface area contributed by atoms with Crippen LogP contribution in [0.1, 0.15) is 29.9 Å². The van der Waals surface area contributed by atoms with E-state index in [9.17, 15) is 23.1 Å². The molecule has 1 amide bonds. The lowest BCUT2D eigenvalue weighted by molar-refractivity contribution is -0.139. The Morgan fingerprint density at radius 3 is 2.13 bits per heavy atom. The number of alkyl carbamates (subject to hydrolysis) is 1. The minimum absolute atomic E-state index is 0.0383. The molecular weight excluding hydrogens is 508 g/mol. The molecule has 1 aliphatic carbocycles. The van der Waals surface area contributed by atoms with Crippen LogP contribution in [0.5, 0.6) is 0 Å². The number of carboxylic acid groups (broad SMARTS) is 1. The van der Waals surface area contributed by atoms with E-state index >= 15 is 0 Å². The molecular formula is C27H28N4O6S. The number of nitrogens with zero attached hydrogens (tertiary/aromatic N) is 1. The van der Waals surface area contributed by atoms with Crippen molar-refractivity contribution >= 4 is 28.0 Å². The number of ether oxygens (including phenoxy) is 1. The first-order valence-corrected chi connectivity index (χ1v) is 13.5. The lowest BCUT2D eigenvalue weighted by Crippen LogP contribution is -2.41. The Kier molecular flexibility index (Phi) is 8.27. The highest BCUT2D eigenvalue weighted by atomic mass is 32.2. The Labute approximate surface area is 220 Å². The topological polar surface area (TPSA) is 160 Å². The molecule has 5 N–H and O–H groups in total. The molecule has 38 heavy (non-hydrogen) atoms. The highest BCUT2D eigenvalue weighted by Crippen LogP contribution is 2.44. The number of nitrogens with one attached hydrogen (secondary N) is 2. The van der Waals surface area contributed by atoms with Gasteiger partial charge >= 0.3 is 12.1 Å². The van der Waals surface area contributed by atoms with Gasteiger partial charge in [0, 0.05) is 12.5 Å². The van der Waals surface area contributed by atoms with Gasteiger partial charge in [-0.1, -0.05) is 66.7 Å². The van der Waals surface area contributed by atoms with Gasteiger partial charge in [-0.05, 0) is 47.2 Å². The Balaban J connectivity index is 1.27. The van der Waals surface area contributed by atoms with Crippen LogP contribution in [0.2, 0.25) is 0 Å². The fraction of sp³-hybridized carbons (Fsp3) is 0.222. The Morgan fingerprint density at radius 1 is 0.947 bits per heavy atom. The third-order valence-corrected chi connectivity index (χ3v) is 7.53. The molecule has 3 aromatic carbocycles. The third kappa shape index (κ3) is 6.30. The molecule has 0 saturated heterocycles. The number of aliphatic carboxylic acids is 1. The van der Waals surface area contributed by atoms with E-state index in [1.54, 1.807) is 18.2 Å². The SMILES string of the molecule is NC(=NCCC[C@H](NC(=O)OCC1c2ccccc2-c2ccccc21)C(=O)O)NS(=O)(=O)c1ccccc1. The number of rotatable bonds is 10. The normalized spacial score (nSPS) is 13.7. The molecule has 0 aliphatic heterocycles. The minimum Gasteiger partial charge on any atom is -0.480 e. The van der Waals surface area contributed by atoms with Crippen LogP contribution in [-0.2, 0) is 19.6 Å². The molecule has 1 aliphatic rings. The summed E-state index contributed by atoms with van der Waals surface area (Å²) in [6, 6.07) is 22.3. The number of fused-ring (bicyclic) bond motifs is 3. The van der Waals surface area contributed by atoms with Crippen LogP contribution in [-0.4, -0.2) is 50.7 Å². The molecule has 0 heterocycles. The van der Waals surface area contributed by atoms with Crippen LogP contribution in [0.25, 0.3) is 11.1 Å². The van der Waals surface area contributed by atoms with Crippen molar-refractivity contribution in [2.24, 2.45) is 10.7 Å². The highest BCUT2D eigenvalue weighted by Gasteiger charge is 2.29. The number of hydrogen-bond acceptors (Lipinski definition) is 6. The molecule has 10 nitrogen and oxygen atoms in total. The van der Waals surface area contributed by atoms with Crippen molar-refractivity contribution in [3.63, 3.8) is 0 Å². The van der Waals surface area contributed by atoms with Crippen molar-refractivity contribution in [1.29, 1.82) is 0 Å². The quantitative estimate of drug-likeness (QED) is 0.176. The molecule has 0 unspecified atom stereocenters. The van der Waals surface area contributed by atoms with E-state index < -0.39 is 28.1 Å². The van der Waals surface area contributed by atoms with E-state index in [0.717, 1.165) is 22.3 Å². The zero-order valence-electron chi connectivity index (χ0n) is 20.4. The van der Waals surface area contributed by atoms with E-state index in [1.807, 2.05) is 48.5 Å². The summed E-state index contributed by atoms with van der Waals surface area (Å²) in [5.74, 6) is -1.68. The van der Waals surface area contributed by atoms with Crippen molar-refractivity contribution in [3.05, 3.63) is 90.0 Å². The number of guanidine groups is 1. The molecule has 0 fully saturated rings. The number of benzene rings is 3. The van der Waals surface area contributed by atoms with Crippen molar-refractivity contribution in [1.82, 2.24) is 10.0 Å². The summed E-state index contributed by atoms with van der Waals surface area (Å²) in [4.78, 5) is 28.1. The third-order valence-electron chi connectivity index (χ3n) is 6.16. The van der Waals surface area contributed by atoms with Crippen molar-refractivity contribution in [2.75, 3.05) is 13.2 Å². The van der Waals surface area contributed by atoms with Gasteiger partial charge in [0.05, 0.1) is 4.90 Å². The Morgan fingerprint density at radius 2 is 1.53 bits per heavy atom. The van der Waals surface area contributed by atoms with E-state index in [0.29, 0.717) is 0 Å². The first-order valence-electron chi connectivity index (χ1n) is 12.0. The van der Waals surface area contributed by atoms with E-state index in [4.69, 9.17) is 10.5 Å². The smallest absolute Gasteiger partial charge is 0.407 e. The predicted molar refractivity (Wildman–Crippen MR) is 142 cm³/mol. The first kappa shape index (κ1) is 26.7. The van der Waals surface area contributed by atoms with E-state index in [2.05, 4.69) is 15.0 Å². The molecule has 11 heteroatoms. The maximum atomic E-state index is 12.5. The van der Waals surface area contributed by atoms with E-state index in [-0.39, 0.29) is 42.8 Å². The number of nitrogens with two attached hydrogens (primary N) is 1. The predicted octanol–water partition coefficient (Wildman–Crippen LogP) is 3.05. The highest BCUT2D eigenvalue weighted by molar-refractivity contribution is 7.90. The summed E-state index contributed by atoms with van der Waals surface area (Å²) in [6.45, 7) is 0.119. The van der Waals surface area contributed by atoms with Gasteiger partial charge in [0.25, 0.3) is 10.0 Å². The fourth-order valence-corrected chi connectivity index (χ4v) is 5.34. The van der Waals surface area contributed by atoms with Gasteiger partial charge in [0.1, 0.15) is 12.6 Å². The van der Waals surface area contributed by atoms with Gasteiger partial charge in [-0.2, -0.15) is 0 Å². The second kappa shape index (κ2) is 11.8. The molecule has 3 aromatic rings. The average molecular weight is 537 g/mol. The van der Waals surface area contributed by atoms with Gasteiger partial charge in [0.2, 0.25) is 5.96 Å². The summed E-state index contributed by atoms with van der Waals surface area (Å²) >= 11 is 0. The number of hydrogen-bond donors (Lipinski definition) is 4. The van der Waals surface area contributed by atoms with Crippen LogP contribution in [0, 0.1) is 0 Å². The molecule has 0 saturated carbocycles. The monoisotopic (exact) mass is 536 g/mol. The van der Waals surface area contributed by atoms with E-state index in [1.165, 1.54) is 12.1 Å². The van der Waals surface area contributed by atoms with Crippen molar-refractivity contribution in [3.8, 4) is 11.1 Å². The zero-order valence-corrected chi connectivity index (χ0v) is 21.2. The van der Waals surface area contributed by atoms with Crippen LogP contribution in [0.4, 0.5) is 4.79 Å². The van der Waals surface area contributed by atoms with Gasteiger partial charge < -0.3 is 20.9 Å². The maximum absolute atomic E-state index is 12.5. The molecule has 0 spiro atoms. The standard InChI is InChI=1S/C27H28N4O6S/c28-26(31-38(35,36)18-9-2-1-3-10-18)29-16-8-15-24(25(32)33)30-27(34)37-17-23-21-13-6-4-11-19(21)20-12-5-7-14-22(20)23/h1-7,9-14,23-24H,8,15-17H2,(H,30,34)(H,32,33)(H3,28,29,31)/t24-/m0/s1. The molecule has 0 aromatic heterocycles. The van der Waals surface area contributed by atoms with Gasteiger partial charge in [-0.15, -0.1) is 0 Å². The number of carbonyl (C=O) groups is 2. The minimum atomic E-state index is -3.87. The van der Waals surface area contributed by atoms with Crippen LogP contribution >= 0.6 is 0 Å². The van der Waals surface area contributed by atoms with Crippen molar-refractivity contribution in [2.45, 2.75) is 29.7 Å². The summed E-state index contributed by atoms with van der Waals surface area (Å²) in [5, 5.41) is 11.9. The van der Waals surface area contributed by atoms with Crippen LogP contribution in [0.3, 0.4) is 0 Å². The lowest BCUT2D eigenvalue weighted by Gasteiger charge is -2.17. The number of sulfonamides is 1. The lowest BCUT2D eigenvalue weighted by atomic mass is 9.98. The maximum Gasteiger partial charge on any atom is 0.407 e. The number of aliphatic imine (C=N–C) groups is 1. The van der Waals surface area contributed by atoms with Gasteiger partial charge in [0.15, 0.2) is 0 Å². The fourth-order valence-electron chi connectivity index (χ4n) is 4.36. The summed E-state index contributed by atoms with van der Waals surface area (Å²) < 4.78 is 32.1. The van der Waals surface area contributed by atoms with Gasteiger partial charge in [-0.25, -0.2) is 22.7 Å². The first-order chi connectivity index (χ1) is 18.3. The zero-order chi connectivity index (χ0) is 27.1. The van der Waals surface area contributed by atoms with Crippen LogP contribution in [0.15, 0.2) is 88.8 Å². The summed E-state index contributed by atoms with van der Waals surface area (Å²) in [6.07, 6.45) is -0.561. The van der Waals surface area contributed by atoms with Gasteiger partial charge in [-0.3, -0.25) is 4.99 Å². The molecule has 0 bridgehead atoms. The Bertz CT molecular complexity index is 1400. The second-order valence-corrected chi connectivity index (χ2v) is 10.4. The molecule has 0 radical (unpaired) electrons. The Hall–Kier alpha value is -4.38. The second-order valence-electron chi connectivity index (χ2n) is 8.69. The molecule has 198 valence electrons.